The first kappa shape index (κ1) is 11.2. The van der Waals surface area contributed by atoms with Gasteiger partial charge in [-0.25, -0.2) is 4.98 Å². The van der Waals surface area contributed by atoms with Crippen molar-refractivity contribution in [3.05, 3.63) is 30.6 Å². The van der Waals surface area contributed by atoms with Gasteiger partial charge < -0.3 is 5.48 Å². The minimum absolute atomic E-state index is 0. The third-order valence-electron chi connectivity index (χ3n) is 0.607. The van der Waals surface area contributed by atoms with E-state index in [-0.39, 0.29) is 43.2 Å². The summed E-state index contributed by atoms with van der Waals surface area (Å²) in [6, 6.07) is 5.86. The molecule has 0 unspecified atom stereocenters. The number of rotatable bonds is 0. The summed E-state index contributed by atoms with van der Waals surface area (Å²) in [5, 5.41) is 0. The van der Waals surface area contributed by atoms with E-state index >= 15 is 0 Å². The predicted molar refractivity (Wildman–Crippen MR) is 30.7 cm³/mol. The van der Waals surface area contributed by atoms with Gasteiger partial charge in [0.05, 0.1) is 0 Å². The van der Waals surface area contributed by atoms with Gasteiger partial charge in [0.15, 0.2) is 12.4 Å². The van der Waals surface area contributed by atoms with Gasteiger partial charge >= 0.3 is 0 Å². The molecule has 2 nitrogen and oxygen atoms in total. The molecular weight excluding hydrogens is 130 g/mol. The van der Waals surface area contributed by atoms with E-state index in [4.69, 9.17) is 0 Å². The number of H-pyrrole nitrogens is 1. The van der Waals surface area contributed by atoms with Gasteiger partial charge in [-0.3, -0.25) is 0 Å². The van der Waals surface area contributed by atoms with Gasteiger partial charge in [0.25, 0.3) is 0 Å². The summed E-state index contributed by atoms with van der Waals surface area (Å²) in [5.41, 5.74) is 0. The Hall–Kier alpha value is 0.370. The minimum atomic E-state index is 0. The number of aromatic nitrogens is 1. The molecule has 0 fully saturated rings. The Bertz CT molecular complexity index is 84.4. The topological polar surface area (TPSA) is 44.1 Å². The van der Waals surface area contributed by atoms with Gasteiger partial charge in [-0.05, 0) is 0 Å². The molecule has 0 aromatic carbocycles. The number of pyridine rings is 1. The fourth-order valence-corrected chi connectivity index (χ4v) is 0.342. The largest absolute Gasteiger partial charge is 0.870 e. The summed E-state index contributed by atoms with van der Waals surface area (Å²) in [7, 11) is 0. The normalized spacial score (nSPS) is 6.00. The molecule has 0 aliphatic carbocycles. The number of hydrogen-bond donors (Lipinski definition) is 0. The molecule has 0 amide bonds. The average Bonchev–Trinajstić information content (AvgIpc) is 1.72. The van der Waals surface area contributed by atoms with Crippen molar-refractivity contribution in [1.82, 2.24) is 0 Å². The fourth-order valence-electron chi connectivity index (χ4n) is 0.342. The zero-order chi connectivity index (χ0) is 4.24. The van der Waals surface area contributed by atoms with Crippen molar-refractivity contribution >= 4 is 37.7 Å². The van der Waals surface area contributed by atoms with Crippen molar-refractivity contribution in [2.45, 2.75) is 0 Å². The first-order valence-electron chi connectivity index (χ1n) is 1.91. The maximum absolute atomic E-state index is 2.89. The molecule has 0 spiro atoms. The van der Waals surface area contributed by atoms with Gasteiger partial charge in [-0.15, -0.1) is 0 Å². The molecule has 0 saturated heterocycles. The average molecular weight is 137 g/mol. The van der Waals surface area contributed by atoms with Crippen molar-refractivity contribution in [2.24, 2.45) is 0 Å². The summed E-state index contributed by atoms with van der Waals surface area (Å²) in [5.74, 6) is 0. The Kier molecular flexibility index (Phi) is 10.3. The first-order valence-corrected chi connectivity index (χ1v) is 1.91. The van der Waals surface area contributed by atoms with Gasteiger partial charge in [0.1, 0.15) is 0 Å². The van der Waals surface area contributed by atoms with E-state index in [0.29, 0.717) is 0 Å². The molecule has 0 saturated carbocycles. The third-order valence-corrected chi connectivity index (χ3v) is 0.607. The van der Waals surface area contributed by atoms with E-state index in [1.54, 1.807) is 0 Å². The van der Waals surface area contributed by atoms with Crippen molar-refractivity contribution in [3.8, 4) is 0 Å². The van der Waals surface area contributed by atoms with Crippen molar-refractivity contribution < 1.29 is 10.5 Å². The van der Waals surface area contributed by atoms with Crippen LogP contribution in [0.1, 0.15) is 0 Å². The molecule has 0 bridgehead atoms. The second-order valence-corrected chi connectivity index (χ2v) is 1.08. The molecule has 1 rings (SSSR count). The molecule has 1 aromatic heterocycles. The van der Waals surface area contributed by atoms with Crippen LogP contribution in [0.3, 0.4) is 0 Å². The molecule has 0 atom stereocenters. The summed E-state index contributed by atoms with van der Waals surface area (Å²) >= 11 is 0. The van der Waals surface area contributed by atoms with Crippen LogP contribution in [0.5, 0.6) is 0 Å². The van der Waals surface area contributed by atoms with Gasteiger partial charge in [0, 0.05) is 49.9 Å². The van der Waals surface area contributed by atoms with Crippen LogP contribution in [0.15, 0.2) is 30.6 Å². The van der Waals surface area contributed by atoms with Crippen LogP contribution < -0.4 is 4.98 Å². The molecule has 2 radical (unpaired) electrons. The van der Waals surface area contributed by atoms with Crippen molar-refractivity contribution in [3.63, 3.8) is 0 Å². The third kappa shape index (κ3) is 4.53. The molecular formula is C5H7CaNO. The number of aromatic amines is 1. The monoisotopic (exact) mass is 137 g/mol. The molecule has 8 heavy (non-hydrogen) atoms. The Morgan fingerprint density at radius 3 is 1.50 bits per heavy atom. The second-order valence-electron chi connectivity index (χ2n) is 1.08. The zero-order valence-corrected chi connectivity index (χ0v) is 6.75. The Labute approximate surface area is 78.2 Å². The number of hydrogen-bond acceptors (Lipinski definition) is 1. The summed E-state index contributed by atoms with van der Waals surface area (Å²) < 4.78 is 0. The molecule has 1 heterocycles. The maximum Gasteiger partial charge on any atom is 0.166 e. The minimum Gasteiger partial charge on any atom is -0.870 e. The quantitative estimate of drug-likeness (QED) is 0.462. The standard InChI is InChI=1S/C5H5N.Ca.H2O/c1-2-4-6-5-3-1;;/h1-5H;;1H2. The van der Waals surface area contributed by atoms with Crippen LogP contribution in [0.2, 0.25) is 0 Å². The molecule has 1 aromatic rings. The van der Waals surface area contributed by atoms with Crippen LogP contribution in [-0.4, -0.2) is 43.2 Å². The molecule has 0 aliphatic heterocycles. The van der Waals surface area contributed by atoms with Crippen LogP contribution in [-0.2, 0) is 0 Å². The summed E-state index contributed by atoms with van der Waals surface area (Å²) in [6.45, 7) is 0. The predicted octanol–water partition coefficient (Wildman–Crippen LogP) is -0.0569. The van der Waals surface area contributed by atoms with E-state index in [0.717, 1.165) is 0 Å². The second kappa shape index (κ2) is 7.37. The van der Waals surface area contributed by atoms with Crippen LogP contribution in [0, 0.1) is 0 Å². The zero-order valence-electron chi connectivity index (χ0n) is 4.54. The fraction of sp³-hybridized carbons (Fsp3) is 0. The SMILES string of the molecule is [Ca].[OH-].c1cc[nH+]cc1. The van der Waals surface area contributed by atoms with Gasteiger partial charge in [0.2, 0.25) is 0 Å². The summed E-state index contributed by atoms with van der Waals surface area (Å²) in [4.78, 5) is 2.89. The molecule has 0 aliphatic rings. The van der Waals surface area contributed by atoms with E-state index in [1.165, 1.54) is 0 Å². The van der Waals surface area contributed by atoms with Crippen LogP contribution >= 0.6 is 0 Å². The Balaban J connectivity index is 0. The van der Waals surface area contributed by atoms with Gasteiger partial charge in [-0.2, -0.15) is 0 Å². The van der Waals surface area contributed by atoms with E-state index < -0.39 is 0 Å². The molecule has 40 valence electrons. The first-order chi connectivity index (χ1) is 3.00. The number of nitrogens with one attached hydrogen (secondary N) is 1. The Morgan fingerprint density at radius 2 is 1.38 bits per heavy atom. The van der Waals surface area contributed by atoms with E-state index in [1.807, 2.05) is 30.6 Å². The smallest absolute Gasteiger partial charge is 0.166 e. The molecule has 2 N–H and O–H groups in total. The van der Waals surface area contributed by atoms with Crippen LogP contribution in [0.4, 0.5) is 0 Å². The van der Waals surface area contributed by atoms with Crippen LogP contribution in [0.25, 0.3) is 0 Å². The summed E-state index contributed by atoms with van der Waals surface area (Å²) in [6.07, 6.45) is 3.75. The van der Waals surface area contributed by atoms with Crippen molar-refractivity contribution in [2.75, 3.05) is 0 Å². The van der Waals surface area contributed by atoms with Crippen molar-refractivity contribution in [1.29, 1.82) is 0 Å². The maximum atomic E-state index is 2.89. The van der Waals surface area contributed by atoms with E-state index in [2.05, 4.69) is 4.98 Å². The van der Waals surface area contributed by atoms with Gasteiger partial charge in [-0.1, -0.05) is 6.07 Å². The molecule has 3 heteroatoms. The Morgan fingerprint density at radius 1 is 0.875 bits per heavy atom. The van der Waals surface area contributed by atoms with E-state index in [9.17, 15) is 0 Å².